The number of nitrogen functional groups attached to an aromatic ring is 1. The van der Waals surface area contributed by atoms with Gasteiger partial charge in [0.15, 0.2) is 5.69 Å². The molecule has 5 nitrogen and oxygen atoms in total. The molecular weight excluding hydrogens is 254 g/mol. The first-order chi connectivity index (χ1) is 9.41. The van der Waals surface area contributed by atoms with Crippen LogP contribution in [0.15, 0.2) is 12.1 Å². The zero-order valence-corrected chi connectivity index (χ0v) is 12.4. The molecule has 1 atom stereocenters. The minimum absolute atomic E-state index is 0.277. The van der Waals surface area contributed by atoms with Crippen LogP contribution in [-0.2, 0) is 4.74 Å². The number of esters is 1. The Morgan fingerprint density at radius 2 is 2.25 bits per heavy atom. The summed E-state index contributed by atoms with van der Waals surface area (Å²) >= 11 is 0. The summed E-state index contributed by atoms with van der Waals surface area (Å²) in [6.45, 7) is 4.56. The maximum atomic E-state index is 11.5. The van der Waals surface area contributed by atoms with Crippen molar-refractivity contribution in [1.82, 2.24) is 4.98 Å². The molecule has 1 aliphatic carbocycles. The van der Waals surface area contributed by atoms with Gasteiger partial charge in [0.2, 0.25) is 0 Å². The fraction of sp³-hybridized carbons (Fsp3) is 0.600. The molecule has 0 aromatic carbocycles. The van der Waals surface area contributed by atoms with Crippen LogP contribution in [0.4, 0.5) is 11.5 Å². The number of aromatic nitrogens is 1. The average Bonchev–Trinajstić information content (AvgIpc) is 2.39. The van der Waals surface area contributed by atoms with Gasteiger partial charge in [-0.2, -0.15) is 0 Å². The van der Waals surface area contributed by atoms with Crippen molar-refractivity contribution >= 4 is 17.5 Å². The summed E-state index contributed by atoms with van der Waals surface area (Å²) in [6.07, 6.45) is 4.63. The lowest BCUT2D eigenvalue weighted by Crippen LogP contribution is -2.32. The van der Waals surface area contributed by atoms with Gasteiger partial charge in [0.25, 0.3) is 0 Å². The van der Waals surface area contributed by atoms with Gasteiger partial charge in [0, 0.05) is 6.04 Å². The zero-order chi connectivity index (χ0) is 14.8. The monoisotopic (exact) mass is 277 g/mol. The summed E-state index contributed by atoms with van der Waals surface area (Å²) in [6, 6.07) is 3.62. The molecule has 3 N–H and O–H groups in total. The van der Waals surface area contributed by atoms with Crippen LogP contribution in [0.25, 0.3) is 0 Å². The van der Waals surface area contributed by atoms with E-state index in [-0.39, 0.29) is 5.69 Å². The number of nitrogens with two attached hydrogens (primary N) is 1. The van der Waals surface area contributed by atoms with Gasteiger partial charge in [-0.3, -0.25) is 0 Å². The highest BCUT2D eigenvalue weighted by Crippen LogP contribution is 2.36. The first kappa shape index (κ1) is 14.6. The quantitative estimate of drug-likeness (QED) is 0.831. The van der Waals surface area contributed by atoms with Crippen LogP contribution in [0.5, 0.6) is 0 Å². The normalized spacial score (nSPS) is 21.2. The molecule has 5 heteroatoms. The second-order valence-electron chi connectivity index (χ2n) is 6.23. The molecule has 1 aromatic rings. The number of carbonyl (C=O) groups is 1. The Morgan fingerprint density at radius 3 is 2.90 bits per heavy atom. The van der Waals surface area contributed by atoms with E-state index in [2.05, 4.69) is 28.9 Å². The lowest BCUT2D eigenvalue weighted by Gasteiger charge is -2.36. The van der Waals surface area contributed by atoms with Crippen LogP contribution in [0.2, 0.25) is 0 Å². The molecule has 1 heterocycles. The lowest BCUT2D eigenvalue weighted by atomic mass is 9.75. The molecule has 1 fully saturated rings. The van der Waals surface area contributed by atoms with Gasteiger partial charge in [-0.05, 0) is 36.8 Å². The molecular formula is C15H23N3O2. The third-order valence-electron chi connectivity index (χ3n) is 3.87. The maximum absolute atomic E-state index is 11.5. The number of pyridine rings is 1. The Kier molecular flexibility index (Phi) is 4.16. The predicted octanol–water partition coefficient (Wildman–Crippen LogP) is 2.83. The van der Waals surface area contributed by atoms with Gasteiger partial charge in [0.1, 0.15) is 5.82 Å². The van der Waals surface area contributed by atoms with Crippen molar-refractivity contribution < 1.29 is 9.53 Å². The van der Waals surface area contributed by atoms with E-state index in [1.165, 1.54) is 20.0 Å². The van der Waals surface area contributed by atoms with Crippen molar-refractivity contribution in [3.63, 3.8) is 0 Å². The van der Waals surface area contributed by atoms with Gasteiger partial charge in [-0.25, -0.2) is 9.78 Å². The number of carbonyl (C=O) groups excluding carboxylic acids is 1. The van der Waals surface area contributed by atoms with Crippen molar-refractivity contribution in [2.24, 2.45) is 5.41 Å². The first-order valence-corrected chi connectivity index (χ1v) is 7.03. The predicted molar refractivity (Wildman–Crippen MR) is 79.6 cm³/mol. The molecule has 1 unspecified atom stereocenters. The standard InChI is InChI=1S/C15H23N3O2/c1-15(2)8-4-5-10(9-15)17-13-11(16)6-7-12(18-13)14(19)20-3/h6-7,10H,4-5,8-9,16H2,1-3H3,(H,17,18). The molecule has 1 saturated carbocycles. The zero-order valence-electron chi connectivity index (χ0n) is 12.4. The molecule has 20 heavy (non-hydrogen) atoms. The highest BCUT2D eigenvalue weighted by atomic mass is 16.5. The minimum Gasteiger partial charge on any atom is -0.464 e. The first-order valence-electron chi connectivity index (χ1n) is 7.03. The number of hydrogen-bond acceptors (Lipinski definition) is 5. The summed E-state index contributed by atoms with van der Waals surface area (Å²) in [5.41, 5.74) is 7.11. The van der Waals surface area contributed by atoms with Crippen molar-refractivity contribution in [2.45, 2.75) is 45.6 Å². The Labute approximate surface area is 119 Å². The van der Waals surface area contributed by atoms with E-state index in [0.29, 0.717) is 23.0 Å². The molecule has 1 aromatic heterocycles. The lowest BCUT2D eigenvalue weighted by molar-refractivity contribution is 0.0594. The molecule has 0 bridgehead atoms. The van der Waals surface area contributed by atoms with Crippen molar-refractivity contribution in [1.29, 1.82) is 0 Å². The van der Waals surface area contributed by atoms with Gasteiger partial charge >= 0.3 is 5.97 Å². The van der Waals surface area contributed by atoms with E-state index >= 15 is 0 Å². The highest BCUT2D eigenvalue weighted by Gasteiger charge is 2.28. The second-order valence-corrected chi connectivity index (χ2v) is 6.23. The number of anilines is 2. The van der Waals surface area contributed by atoms with Crippen LogP contribution >= 0.6 is 0 Å². The van der Waals surface area contributed by atoms with Crippen molar-refractivity contribution in [2.75, 3.05) is 18.2 Å². The second kappa shape index (κ2) is 5.69. The Bertz CT molecular complexity index is 500. The summed E-state index contributed by atoms with van der Waals surface area (Å²) in [4.78, 5) is 15.8. The van der Waals surface area contributed by atoms with Crippen molar-refractivity contribution in [3.05, 3.63) is 17.8 Å². The van der Waals surface area contributed by atoms with E-state index in [9.17, 15) is 4.79 Å². The molecule has 0 amide bonds. The Balaban J connectivity index is 2.14. The number of methoxy groups -OCH3 is 1. The van der Waals surface area contributed by atoms with E-state index in [0.717, 1.165) is 12.8 Å². The molecule has 1 aliphatic rings. The SMILES string of the molecule is COC(=O)c1ccc(N)c(NC2CCCC(C)(C)C2)n1. The number of rotatable bonds is 3. The fourth-order valence-corrected chi connectivity index (χ4v) is 2.82. The third-order valence-corrected chi connectivity index (χ3v) is 3.87. The summed E-state index contributed by atoms with van der Waals surface area (Å²) in [5.74, 6) is 0.132. The average molecular weight is 277 g/mol. The van der Waals surface area contributed by atoms with Crippen molar-refractivity contribution in [3.8, 4) is 0 Å². The molecule has 0 saturated heterocycles. The van der Waals surface area contributed by atoms with Crippen LogP contribution in [-0.4, -0.2) is 24.1 Å². The van der Waals surface area contributed by atoms with Gasteiger partial charge in [0.05, 0.1) is 12.8 Å². The van der Waals surface area contributed by atoms with Crippen LogP contribution in [0.1, 0.15) is 50.0 Å². The van der Waals surface area contributed by atoms with Crippen LogP contribution in [0, 0.1) is 5.41 Å². The largest absolute Gasteiger partial charge is 0.464 e. The number of hydrogen-bond donors (Lipinski definition) is 2. The highest BCUT2D eigenvalue weighted by molar-refractivity contribution is 5.88. The van der Waals surface area contributed by atoms with E-state index < -0.39 is 5.97 Å². The van der Waals surface area contributed by atoms with E-state index in [1.54, 1.807) is 12.1 Å². The summed E-state index contributed by atoms with van der Waals surface area (Å²) in [7, 11) is 1.34. The van der Waals surface area contributed by atoms with Crippen LogP contribution < -0.4 is 11.1 Å². The maximum Gasteiger partial charge on any atom is 0.356 e. The van der Waals surface area contributed by atoms with Gasteiger partial charge < -0.3 is 15.8 Å². The summed E-state index contributed by atoms with van der Waals surface area (Å²) < 4.78 is 4.68. The molecule has 110 valence electrons. The topological polar surface area (TPSA) is 77.2 Å². The molecule has 0 aliphatic heterocycles. The van der Waals surface area contributed by atoms with E-state index in [1.807, 2.05) is 0 Å². The third kappa shape index (κ3) is 3.40. The minimum atomic E-state index is -0.447. The van der Waals surface area contributed by atoms with Crippen LogP contribution in [0.3, 0.4) is 0 Å². The number of nitrogens with one attached hydrogen (secondary N) is 1. The Morgan fingerprint density at radius 1 is 1.50 bits per heavy atom. The van der Waals surface area contributed by atoms with Gasteiger partial charge in [-0.1, -0.05) is 20.3 Å². The molecule has 0 spiro atoms. The molecule has 2 rings (SSSR count). The number of nitrogens with zero attached hydrogens (tertiary/aromatic N) is 1. The Hall–Kier alpha value is -1.78. The smallest absolute Gasteiger partial charge is 0.356 e. The number of ether oxygens (including phenoxy) is 1. The summed E-state index contributed by atoms with van der Waals surface area (Å²) in [5, 5.41) is 3.38. The fourth-order valence-electron chi connectivity index (χ4n) is 2.82. The molecule has 0 radical (unpaired) electrons. The van der Waals surface area contributed by atoms with E-state index in [4.69, 9.17) is 5.73 Å². The van der Waals surface area contributed by atoms with Gasteiger partial charge in [-0.15, -0.1) is 0 Å².